The molecule has 1 unspecified atom stereocenters. The molecule has 0 spiro atoms. The molecule has 0 N–H and O–H groups in total. The van der Waals surface area contributed by atoms with Gasteiger partial charge in [0, 0.05) is 26.6 Å². The second-order valence-corrected chi connectivity index (χ2v) is 6.11. The normalized spacial score (nSPS) is 21.1. The number of carbonyl (C=O) groups is 1. The Morgan fingerprint density at radius 3 is 2.32 bits per heavy atom. The molecule has 1 aliphatic heterocycles. The Bertz CT molecular complexity index is 298. The summed E-state index contributed by atoms with van der Waals surface area (Å²) in [6, 6.07) is 0. The molecule has 1 saturated heterocycles. The van der Waals surface area contributed by atoms with Gasteiger partial charge in [0.25, 0.3) is 0 Å². The summed E-state index contributed by atoms with van der Waals surface area (Å²) in [4.78, 5) is 14.9. The van der Waals surface area contributed by atoms with Gasteiger partial charge in [0.1, 0.15) is 0 Å². The predicted molar refractivity (Wildman–Crippen MR) is 76.4 cm³/mol. The van der Waals surface area contributed by atoms with E-state index in [4.69, 9.17) is 9.47 Å². The number of Topliss-reactive ketones (excluding diaryl/α,β-unsaturated/α-hetero) is 1. The minimum absolute atomic E-state index is 0.227. The molecular weight excluding hydrogens is 242 g/mol. The van der Waals surface area contributed by atoms with E-state index in [9.17, 15) is 4.79 Å². The highest BCUT2D eigenvalue weighted by molar-refractivity contribution is 5.88. The predicted octanol–water partition coefficient (Wildman–Crippen LogP) is 2.26. The van der Waals surface area contributed by atoms with E-state index in [-0.39, 0.29) is 11.1 Å². The van der Waals surface area contributed by atoms with E-state index in [1.54, 1.807) is 7.11 Å². The Balaban J connectivity index is 2.64. The van der Waals surface area contributed by atoms with Crippen LogP contribution in [0.4, 0.5) is 0 Å². The first-order chi connectivity index (χ1) is 8.85. The fourth-order valence-corrected chi connectivity index (χ4v) is 2.44. The third-order valence-corrected chi connectivity index (χ3v) is 4.50. The van der Waals surface area contributed by atoms with E-state index in [0.29, 0.717) is 12.2 Å². The summed E-state index contributed by atoms with van der Waals surface area (Å²) in [5.74, 6) is 0.321. The van der Waals surface area contributed by atoms with Crippen molar-refractivity contribution < 1.29 is 14.3 Å². The molecule has 0 bridgehead atoms. The van der Waals surface area contributed by atoms with Crippen molar-refractivity contribution >= 4 is 5.78 Å². The molecule has 1 rings (SSSR count). The third kappa shape index (κ3) is 4.26. The van der Waals surface area contributed by atoms with E-state index < -0.39 is 0 Å². The van der Waals surface area contributed by atoms with Gasteiger partial charge < -0.3 is 9.47 Å². The molecule has 0 radical (unpaired) electrons. The zero-order chi connectivity index (χ0) is 14.5. The van der Waals surface area contributed by atoms with Crippen LogP contribution in [0.25, 0.3) is 0 Å². The molecule has 0 saturated carbocycles. The van der Waals surface area contributed by atoms with Gasteiger partial charge in [-0.05, 0) is 33.6 Å². The van der Waals surface area contributed by atoms with Crippen LogP contribution in [0.3, 0.4) is 0 Å². The van der Waals surface area contributed by atoms with E-state index in [1.807, 2.05) is 13.8 Å². The highest BCUT2D eigenvalue weighted by Crippen LogP contribution is 2.26. The second kappa shape index (κ2) is 6.82. The molecule has 1 aliphatic rings. The van der Waals surface area contributed by atoms with E-state index >= 15 is 0 Å². The lowest BCUT2D eigenvalue weighted by atomic mass is 9.86. The van der Waals surface area contributed by atoms with Crippen LogP contribution in [0, 0.1) is 0 Å². The number of nitrogens with zero attached hydrogens (tertiary/aromatic N) is 1. The number of rotatable bonds is 7. The maximum atomic E-state index is 12.6. The summed E-state index contributed by atoms with van der Waals surface area (Å²) in [5, 5.41) is 0. The fourth-order valence-electron chi connectivity index (χ4n) is 2.44. The summed E-state index contributed by atoms with van der Waals surface area (Å²) >= 11 is 0. The van der Waals surface area contributed by atoms with Crippen LogP contribution in [0.1, 0.15) is 47.0 Å². The molecular formula is C15H29NO3. The summed E-state index contributed by atoms with van der Waals surface area (Å²) < 4.78 is 10.8. The molecule has 4 nitrogen and oxygen atoms in total. The van der Waals surface area contributed by atoms with Crippen LogP contribution in [0.5, 0.6) is 0 Å². The van der Waals surface area contributed by atoms with Gasteiger partial charge in [-0.3, -0.25) is 9.69 Å². The summed E-state index contributed by atoms with van der Waals surface area (Å²) in [7, 11) is 1.70. The van der Waals surface area contributed by atoms with Crippen molar-refractivity contribution in [2.24, 2.45) is 0 Å². The van der Waals surface area contributed by atoms with Crippen molar-refractivity contribution in [1.29, 1.82) is 0 Å². The number of carbonyl (C=O) groups excluding carboxylic acids is 1. The molecule has 4 heteroatoms. The lowest BCUT2D eigenvalue weighted by Crippen LogP contribution is -2.56. The summed E-state index contributed by atoms with van der Waals surface area (Å²) in [6.07, 6.45) is 2.18. The molecule has 1 fully saturated rings. The van der Waals surface area contributed by atoms with Crippen LogP contribution in [0.2, 0.25) is 0 Å². The lowest BCUT2D eigenvalue weighted by Gasteiger charge is -2.42. The van der Waals surface area contributed by atoms with Crippen molar-refractivity contribution in [1.82, 2.24) is 4.90 Å². The van der Waals surface area contributed by atoms with Gasteiger partial charge in [-0.25, -0.2) is 0 Å². The number of methoxy groups -OCH3 is 1. The highest BCUT2D eigenvalue weighted by atomic mass is 16.5. The molecule has 1 heterocycles. The zero-order valence-corrected chi connectivity index (χ0v) is 13.1. The minimum Gasteiger partial charge on any atom is -0.379 e. The molecule has 0 aromatic carbocycles. The van der Waals surface area contributed by atoms with Gasteiger partial charge in [0.2, 0.25) is 0 Å². The van der Waals surface area contributed by atoms with Gasteiger partial charge in [-0.2, -0.15) is 0 Å². The molecule has 112 valence electrons. The lowest BCUT2D eigenvalue weighted by molar-refractivity contribution is -0.135. The Morgan fingerprint density at radius 2 is 1.84 bits per heavy atom. The number of ketones is 1. The zero-order valence-electron chi connectivity index (χ0n) is 13.1. The van der Waals surface area contributed by atoms with Crippen molar-refractivity contribution in [3.05, 3.63) is 0 Å². The van der Waals surface area contributed by atoms with Crippen LogP contribution in [0.15, 0.2) is 0 Å². The standard InChI is InChI=1S/C15H29NO3/c1-6-15(4,16-9-11-19-12-10-16)13(17)7-8-14(2,3)18-5/h6-12H2,1-5H3. The van der Waals surface area contributed by atoms with Gasteiger partial charge in [-0.15, -0.1) is 0 Å². The number of hydrogen-bond acceptors (Lipinski definition) is 4. The monoisotopic (exact) mass is 271 g/mol. The molecule has 1 atom stereocenters. The van der Waals surface area contributed by atoms with Crippen molar-refractivity contribution in [3.8, 4) is 0 Å². The van der Waals surface area contributed by atoms with Crippen LogP contribution in [-0.2, 0) is 14.3 Å². The number of ether oxygens (including phenoxy) is 2. The van der Waals surface area contributed by atoms with Gasteiger partial charge in [0.05, 0.1) is 24.4 Å². The molecule has 0 amide bonds. The molecule has 0 aliphatic carbocycles. The number of morpholine rings is 1. The maximum absolute atomic E-state index is 12.6. The summed E-state index contributed by atoms with van der Waals surface area (Å²) in [6.45, 7) is 11.4. The van der Waals surface area contributed by atoms with Crippen molar-refractivity contribution in [2.45, 2.75) is 58.1 Å². The second-order valence-electron chi connectivity index (χ2n) is 6.11. The Morgan fingerprint density at radius 1 is 1.26 bits per heavy atom. The smallest absolute Gasteiger partial charge is 0.152 e. The Hall–Kier alpha value is -0.450. The molecule has 0 aromatic rings. The van der Waals surface area contributed by atoms with Crippen LogP contribution < -0.4 is 0 Å². The van der Waals surface area contributed by atoms with Crippen LogP contribution in [-0.4, -0.2) is 55.2 Å². The Kier molecular flexibility index (Phi) is 5.96. The average Bonchev–Trinajstić information content (AvgIpc) is 2.44. The quantitative estimate of drug-likeness (QED) is 0.712. The molecule has 0 aromatic heterocycles. The SMILES string of the molecule is CCC(C)(C(=O)CCC(C)(C)OC)N1CCOCC1. The first-order valence-corrected chi connectivity index (χ1v) is 7.27. The van der Waals surface area contributed by atoms with E-state index in [0.717, 1.165) is 39.1 Å². The average molecular weight is 271 g/mol. The van der Waals surface area contributed by atoms with Crippen molar-refractivity contribution in [3.63, 3.8) is 0 Å². The first kappa shape index (κ1) is 16.6. The van der Waals surface area contributed by atoms with Crippen molar-refractivity contribution in [2.75, 3.05) is 33.4 Å². The fraction of sp³-hybridized carbons (Fsp3) is 0.933. The largest absolute Gasteiger partial charge is 0.379 e. The maximum Gasteiger partial charge on any atom is 0.152 e. The van der Waals surface area contributed by atoms with Gasteiger partial charge in [-0.1, -0.05) is 6.92 Å². The summed E-state index contributed by atoms with van der Waals surface area (Å²) in [5.41, 5.74) is -0.580. The topological polar surface area (TPSA) is 38.8 Å². The van der Waals surface area contributed by atoms with Crippen LogP contribution >= 0.6 is 0 Å². The molecule has 19 heavy (non-hydrogen) atoms. The number of hydrogen-bond donors (Lipinski definition) is 0. The van der Waals surface area contributed by atoms with E-state index in [2.05, 4.69) is 18.7 Å². The van der Waals surface area contributed by atoms with E-state index in [1.165, 1.54) is 0 Å². The van der Waals surface area contributed by atoms with Gasteiger partial charge in [0.15, 0.2) is 5.78 Å². The first-order valence-electron chi connectivity index (χ1n) is 7.27. The highest BCUT2D eigenvalue weighted by Gasteiger charge is 2.38. The minimum atomic E-state index is -0.354. The Labute approximate surface area is 117 Å². The third-order valence-electron chi connectivity index (χ3n) is 4.50. The van der Waals surface area contributed by atoms with Gasteiger partial charge >= 0.3 is 0 Å².